The Balaban J connectivity index is 2.63. The highest BCUT2D eigenvalue weighted by Crippen LogP contribution is 2.21. The van der Waals surface area contributed by atoms with Crippen LogP contribution in [0.3, 0.4) is 0 Å². The van der Waals surface area contributed by atoms with Gasteiger partial charge in [0.15, 0.2) is 0 Å². The smallest absolute Gasteiger partial charge is 0.201 e. The minimum Gasteiger partial charge on any atom is -0.295 e. The first-order valence-corrected chi connectivity index (χ1v) is 5.88. The van der Waals surface area contributed by atoms with Crippen molar-refractivity contribution in [3.05, 3.63) is 33.8 Å². The highest BCUT2D eigenvalue weighted by molar-refractivity contribution is 7.80. The first kappa shape index (κ1) is 14.2. The number of thiocarbonyl (C=S) groups is 1. The molecule has 0 amide bonds. The summed E-state index contributed by atoms with van der Waals surface area (Å²) in [5.41, 5.74) is 6.13. The monoisotopic (exact) mass is 290 g/mol. The Labute approximate surface area is 116 Å². The molecule has 0 aromatic heterocycles. The van der Waals surface area contributed by atoms with Crippen LogP contribution in [-0.4, -0.2) is 30.4 Å². The third-order valence-corrected chi connectivity index (χ3v) is 2.53. The van der Waals surface area contributed by atoms with Gasteiger partial charge in [0, 0.05) is 19.7 Å². The quantitative estimate of drug-likeness (QED) is 0.509. The van der Waals surface area contributed by atoms with Gasteiger partial charge in [0.25, 0.3) is 0 Å². The normalized spacial score (nSPS) is 10.9. The van der Waals surface area contributed by atoms with Crippen molar-refractivity contribution in [2.24, 2.45) is 5.10 Å². The van der Waals surface area contributed by atoms with Crippen molar-refractivity contribution >= 4 is 46.7 Å². The lowest BCUT2D eigenvalue weighted by molar-refractivity contribution is 0.360. The van der Waals surface area contributed by atoms with E-state index in [1.165, 1.54) is 6.21 Å². The van der Waals surface area contributed by atoms with E-state index in [0.29, 0.717) is 20.7 Å². The molecule has 2 N–H and O–H groups in total. The zero-order valence-electron chi connectivity index (χ0n) is 9.37. The van der Waals surface area contributed by atoms with Gasteiger partial charge in [0.1, 0.15) is 0 Å². The summed E-state index contributed by atoms with van der Waals surface area (Å²) in [5.74, 6) is 0. The molecular formula is C10H12Cl2N4S. The second-order valence-electron chi connectivity index (χ2n) is 3.34. The van der Waals surface area contributed by atoms with Gasteiger partial charge in [-0.15, -0.1) is 0 Å². The fraction of sp³-hybridized carbons (Fsp3) is 0.200. The van der Waals surface area contributed by atoms with Crippen molar-refractivity contribution in [1.29, 1.82) is 0 Å². The largest absolute Gasteiger partial charge is 0.295 e. The maximum Gasteiger partial charge on any atom is 0.201 e. The molecule has 92 valence electrons. The van der Waals surface area contributed by atoms with Crippen molar-refractivity contribution in [3.8, 4) is 0 Å². The minimum atomic E-state index is 0.384. The number of halogens is 2. The van der Waals surface area contributed by atoms with E-state index in [2.05, 4.69) is 16.0 Å². The molecule has 1 rings (SSSR count). The van der Waals surface area contributed by atoms with Gasteiger partial charge < -0.3 is 0 Å². The van der Waals surface area contributed by atoms with E-state index in [1.54, 1.807) is 23.2 Å². The van der Waals surface area contributed by atoms with E-state index >= 15 is 0 Å². The van der Waals surface area contributed by atoms with Gasteiger partial charge in [-0.1, -0.05) is 29.3 Å². The van der Waals surface area contributed by atoms with Crippen LogP contribution < -0.4 is 10.9 Å². The summed E-state index contributed by atoms with van der Waals surface area (Å²) < 4.78 is 0. The lowest BCUT2D eigenvalue weighted by atomic mass is 10.2. The molecule has 0 aliphatic heterocycles. The van der Waals surface area contributed by atoms with Crippen LogP contribution in [0.2, 0.25) is 10.0 Å². The maximum absolute atomic E-state index is 5.97. The predicted octanol–water partition coefficient (Wildman–Crippen LogP) is 2.27. The Hall–Kier alpha value is -0.880. The number of rotatable bonds is 3. The van der Waals surface area contributed by atoms with Crippen LogP contribution in [0.1, 0.15) is 5.56 Å². The number of nitrogens with one attached hydrogen (secondary N) is 2. The summed E-state index contributed by atoms with van der Waals surface area (Å²) in [7, 11) is 3.64. The standard InChI is InChI=1S/C10H12Cl2N4S/c1-16(2)15-10(17)14-13-6-7-8(11)4-3-5-9(7)12/h3-6H,1-2H3,(H2,14,15,17)/b13-6+. The Morgan fingerprint density at radius 1 is 1.35 bits per heavy atom. The SMILES string of the molecule is CN(C)NC(=S)N/N=C/c1c(Cl)cccc1Cl. The predicted molar refractivity (Wildman–Crippen MR) is 76.6 cm³/mol. The van der Waals surface area contributed by atoms with Crippen LogP contribution in [0.4, 0.5) is 0 Å². The molecular weight excluding hydrogens is 279 g/mol. The molecule has 0 radical (unpaired) electrons. The molecule has 0 fully saturated rings. The summed E-state index contributed by atoms with van der Waals surface area (Å²) in [4.78, 5) is 0. The molecule has 7 heteroatoms. The van der Waals surface area contributed by atoms with Gasteiger partial charge in [-0.3, -0.25) is 10.9 Å². The molecule has 0 aliphatic rings. The number of benzene rings is 1. The molecule has 4 nitrogen and oxygen atoms in total. The van der Waals surface area contributed by atoms with Crippen molar-refractivity contribution in [2.75, 3.05) is 14.1 Å². The Morgan fingerprint density at radius 2 is 1.94 bits per heavy atom. The van der Waals surface area contributed by atoms with Crippen LogP contribution in [0.5, 0.6) is 0 Å². The maximum atomic E-state index is 5.97. The van der Waals surface area contributed by atoms with E-state index in [0.717, 1.165) is 0 Å². The van der Waals surface area contributed by atoms with Crippen LogP contribution in [0.25, 0.3) is 0 Å². The summed E-state index contributed by atoms with van der Waals surface area (Å²) >= 11 is 16.9. The first-order chi connectivity index (χ1) is 8.00. The molecule has 0 bridgehead atoms. The molecule has 1 aromatic rings. The van der Waals surface area contributed by atoms with Crippen molar-refractivity contribution in [2.45, 2.75) is 0 Å². The Kier molecular flexibility index (Phi) is 5.64. The van der Waals surface area contributed by atoms with Crippen molar-refractivity contribution in [1.82, 2.24) is 15.9 Å². The lowest BCUT2D eigenvalue weighted by Gasteiger charge is -2.12. The third-order valence-electron chi connectivity index (χ3n) is 1.68. The number of hydrogen-bond donors (Lipinski definition) is 2. The topological polar surface area (TPSA) is 39.7 Å². The average molecular weight is 291 g/mol. The van der Waals surface area contributed by atoms with E-state index in [9.17, 15) is 0 Å². The molecule has 0 spiro atoms. The summed E-state index contributed by atoms with van der Waals surface area (Å²) in [6, 6.07) is 5.25. The van der Waals surface area contributed by atoms with Crippen LogP contribution in [0.15, 0.2) is 23.3 Å². The zero-order chi connectivity index (χ0) is 12.8. The number of nitrogens with zero attached hydrogens (tertiary/aromatic N) is 2. The average Bonchev–Trinajstić information content (AvgIpc) is 2.21. The highest BCUT2D eigenvalue weighted by atomic mass is 35.5. The van der Waals surface area contributed by atoms with Gasteiger partial charge in [-0.25, -0.2) is 5.01 Å². The fourth-order valence-electron chi connectivity index (χ4n) is 1.02. The second kappa shape index (κ2) is 6.76. The van der Waals surface area contributed by atoms with Crippen LogP contribution >= 0.6 is 35.4 Å². The first-order valence-electron chi connectivity index (χ1n) is 4.71. The molecule has 0 aliphatic carbocycles. The fourth-order valence-corrected chi connectivity index (χ4v) is 1.75. The van der Waals surface area contributed by atoms with Crippen molar-refractivity contribution in [3.63, 3.8) is 0 Å². The van der Waals surface area contributed by atoms with Crippen LogP contribution in [0, 0.1) is 0 Å². The lowest BCUT2D eigenvalue weighted by Crippen LogP contribution is -2.41. The second-order valence-corrected chi connectivity index (χ2v) is 4.56. The van der Waals surface area contributed by atoms with E-state index in [1.807, 2.05) is 14.1 Å². The molecule has 0 heterocycles. The number of hydrazone groups is 1. The molecule has 0 unspecified atom stereocenters. The van der Waals surface area contributed by atoms with Gasteiger partial charge >= 0.3 is 0 Å². The van der Waals surface area contributed by atoms with Gasteiger partial charge in [-0.2, -0.15) is 5.10 Å². The van der Waals surface area contributed by atoms with Crippen LogP contribution in [-0.2, 0) is 0 Å². The van der Waals surface area contributed by atoms with Gasteiger partial charge in [0.2, 0.25) is 5.11 Å². The Morgan fingerprint density at radius 3 is 2.47 bits per heavy atom. The molecule has 0 atom stereocenters. The van der Waals surface area contributed by atoms with Gasteiger partial charge in [-0.05, 0) is 24.4 Å². The van der Waals surface area contributed by atoms with Gasteiger partial charge in [0.05, 0.1) is 16.3 Å². The molecule has 0 saturated carbocycles. The third kappa shape index (κ3) is 4.87. The minimum absolute atomic E-state index is 0.384. The van der Waals surface area contributed by atoms with E-state index in [-0.39, 0.29) is 0 Å². The molecule has 17 heavy (non-hydrogen) atoms. The molecule has 0 saturated heterocycles. The Bertz CT molecular complexity index is 414. The van der Waals surface area contributed by atoms with E-state index < -0.39 is 0 Å². The van der Waals surface area contributed by atoms with E-state index in [4.69, 9.17) is 35.4 Å². The summed E-state index contributed by atoms with van der Waals surface area (Å²) in [6.45, 7) is 0. The zero-order valence-corrected chi connectivity index (χ0v) is 11.7. The highest BCUT2D eigenvalue weighted by Gasteiger charge is 2.01. The summed E-state index contributed by atoms with van der Waals surface area (Å²) in [6.07, 6.45) is 1.52. The molecule has 1 aromatic carbocycles. The van der Waals surface area contributed by atoms with Crippen molar-refractivity contribution < 1.29 is 0 Å². The summed E-state index contributed by atoms with van der Waals surface area (Å²) in [5, 5.41) is 7.10. The number of hydrazine groups is 1. The number of hydrogen-bond acceptors (Lipinski definition) is 3.